The van der Waals surface area contributed by atoms with Gasteiger partial charge in [-0.25, -0.2) is 0 Å². The number of amidine groups is 1. The predicted octanol–water partition coefficient (Wildman–Crippen LogP) is 7.10. The number of aliphatic hydroxyl groups excluding tert-OH is 1. The SMILES string of the molecule is Cc1ccc([C@H]2C3=C(CC(C)(C)CC3=O)N(c3ccc([N+](=O)[O-])cc3)C(=N)/C2=C(/O)c2ccccc2)cc1. The van der Waals surface area contributed by atoms with Gasteiger partial charge in [-0.3, -0.25) is 25.2 Å². The molecule has 0 fully saturated rings. The molecule has 7 heteroatoms. The minimum Gasteiger partial charge on any atom is -0.507 e. The first kappa shape index (κ1) is 25.1. The Morgan fingerprint density at radius 2 is 1.63 bits per heavy atom. The van der Waals surface area contributed by atoms with E-state index < -0.39 is 10.8 Å². The van der Waals surface area contributed by atoms with Crippen LogP contribution in [0.5, 0.6) is 0 Å². The Balaban J connectivity index is 1.83. The van der Waals surface area contributed by atoms with Crippen LogP contribution in [0.15, 0.2) is 95.7 Å². The van der Waals surface area contributed by atoms with Crippen LogP contribution in [0.2, 0.25) is 0 Å². The van der Waals surface area contributed by atoms with E-state index in [1.165, 1.54) is 12.1 Å². The zero-order valence-corrected chi connectivity index (χ0v) is 21.6. The second kappa shape index (κ2) is 9.41. The van der Waals surface area contributed by atoms with Crippen molar-refractivity contribution in [1.82, 2.24) is 0 Å². The largest absolute Gasteiger partial charge is 0.507 e. The number of nitrogens with one attached hydrogen (secondary N) is 1. The first-order valence-corrected chi connectivity index (χ1v) is 12.5. The number of nitrogens with zero attached hydrogens (tertiary/aromatic N) is 2. The van der Waals surface area contributed by atoms with Crippen LogP contribution < -0.4 is 4.90 Å². The van der Waals surface area contributed by atoms with E-state index in [1.807, 2.05) is 63.2 Å². The average Bonchev–Trinajstić information content (AvgIpc) is 2.88. The van der Waals surface area contributed by atoms with Crippen molar-refractivity contribution < 1.29 is 14.8 Å². The smallest absolute Gasteiger partial charge is 0.269 e. The molecular formula is C31H29N3O4. The number of carbonyl (C=O) groups excluding carboxylic acids is 1. The number of allylic oxidation sites excluding steroid dienone is 2. The van der Waals surface area contributed by atoms with Crippen LogP contribution in [0, 0.1) is 27.9 Å². The third-order valence-electron chi connectivity index (χ3n) is 7.25. The number of hydrogen-bond acceptors (Lipinski definition) is 5. The highest BCUT2D eigenvalue weighted by Gasteiger charge is 2.46. The normalized spacial score (nSPS) is 20.3. The molecular weight excluding hydrogens is 478 g/mol. The fourth-order valence-corrected chi connectivity index (χ4v) is 5.47. The molecule has 0 spiro atoms. The number of benzene rings is 3. The summed E-state index contributed by atoms with van der Waals surface area (Å²) in [6.07, 6.45) is 0.879. The molecule has 0 saturated heterocycles. The van der Waals surface area contributed by atoms with Gasteiger partial charge in [0.1, 0.15) is 11.6 Å². The van der Waals surface area contributed by atoms with Crippen molar-refractivity contribution in [3.63, 3.8) is 0 Å². The van der Waals surface area contributed by atoms with Gasteiger partial charge >= 0.3 is 0 Å². The minimum atomic E-state index is -0.629. The molecule has 3 aromatic rings. The monoisotopic (exact) mass is 507 g/mol. The second-order valence-electron chi connectivity index (χ2n) is 10.7. The summed E-state index contributed by atoms with van der Waals surface area (Å²) in [7, 11) is 0. The molecule has 0 unspecified atom stereocenters. The second-order valence-corrected chi connectivity index (χ2v) is 10.7. The number of aryl methyl sites for hydroxylation is 1. The van der Waals surface area contributed by atoms with Crippen LogP contribution in [0.25, 0.3) is 5.76 Å². The molecule has 0 saturated carbocycles. The molecule has 0 radical (unpaired) electrons. The number of aliphatic hydroxyl groups is 1. The van der Waals surface area contributed by atoms with E-state index in [1.54, 1.807) is 29.2 Å². The summed E-state index contributed by atoms with van der Waals surface area (Å²) in [5.74, 6) is -0.692. The Morgan fingerprint density at radius 1 is 1.00 bits per heavy atom. The lowest BCUT2D eigenvalue weighted by molar-refractivity contribution is -0.384. The number of Topliss-reactive ketones (excluding diaryl/α,β-unsaturated/α-hetero) is 1. The van der Waals surface area contributed by atoms with Crippen LogP contribution in [0.1, 0.15) is 49.3 Å². The van der Waals surface area contributed by atoms with Crippen LogP contribution in [0.3, 0.4) is 0 Å². The van der Waals surface area contributed by atoms with Crippen molar-refractivity contribution in [2.75, 3.05) is 4.90 Å². The fourth-order valence-electron chi connectivity index (χ4n) is 5.47. The van der Waals surface area contributed by atoms with E-state index >= 15 is 0 Å². The number of rotatable bonds is 4. The highest BCUT2D eigenvalue weighted by atomic mass is 16.6. The number of hydrogen-bond donors (Lipinski definition) is 2. The van der Waals surface area contributed by atoms with Gasteiger partial charge in [-0.1, -0.05) is 74.0 Å². The highest BCUT2D eigenvalue weighted by molar-refractivity contribution is 6.19. The van der Waals surface area contributed by atoms with E-state index in [2.05, 4.69) is 0 Å². The lowest BCUT2D eigenvalue weighted by Gasteiger charge is -2.45. The molecule has 0 amide bonds. The van der Waals surface area contributed by atoms with E-state index in [0.29, 0.717) is 40.9 Å². The van der Waals surface area contributed by atoms with Crippen molar-refractivity contribution >= 4 is 28.8 Å². The average molecular weight is 508 g/mol. The van der Waals surface area contributed by atoms with E-state index in [4.69, 9.17) is 0 Å². The van der Waals surface area contributed by atoms with E-state index in [0.717, 1.165) is 11.1 Å². The summed E-state index contributed by atoms with van der Waals surface area (Å²) in [5.41, 5.74) is 4.13. The van der Waals surface area contributed by atoms with Crippen molar-refractivity contribution in [1.29, 1.82) is 5.41 Å². The summed E-state index contributed by atoms with van der Waals surface area (Å²) < 4.78 is 0. The standard InChI is InChI=1S/C31H29N3O4/c1-19-9-11-20(12-10-19)26-27-24(17-31(2,3)18-25(27)35)33(22-13-15-23(16-14-22)34(37)38)30(32)28(26)29(36)21-7-5-4-6-8-21/h4-16,26,32,36H,17-18H2,1-3H3/b29-28+,32-30?/t26-/m0/s1. The molecule has 1 aliphatic heterocycles. The van der Waals surface area contributed by atoms with Crippen LogP contribution >= 0.6 is 0 Å². The number of anilines is 1. The summed E-state index contributed by atoms with van der Waals surface area (Å²) in [6.45, 7) is 6.04. The summed E-state index contributed by atoms with van der Waals surface area (Å²) in [5, 5.41) is 32.4. The number of non-ortho nitro benzene ring substituents is 1. The van der Waals surface area contributed by atoms with Crippen molar-refractivity contribution in [3.8, 4) is 0 Å². The summed E-state index contributed by atoms with van der Waals surface area (Å²) >= 11 is 0. The Morgan fingerprint density at radius 3 is 2.24 bits per heavy atom. The van der Waals surface area contributed by atoms with Gasteiger partial charge < -0.3 is 5.11 Å². The topological polar surface area (TPSA) is 108 Å². The highest BCUT2D eigenvalue weighted by Crippen LogP contribution is 2.51. The van der Waals surface area contributed by atoms with Crippen molar-refractivity contribution in [2.45, 2.75) is 39.5 Å². The quantitative estimate of drug-likeness (QED) is 0.223. The Kier molecular flexibility index (Phi) is 6.23. The maximum atomic E-state index is 13.9. The van der Waals surface area contributed by atoms with Gasteiger partial charge in [0.05, 0.1) is 4.92 Å². The molecule has 2 N–H and O–H groups in total. The Hall–Kier alpha value is -4.52. The van der Waals surface area contributed by atoms with Crippen LogP contribution in [-0.4, -0.2) is 21.6 Å². The molecule has 0 aromatic heterocycles. The number of nitro groups is 1. The van der Waals surface area contributed by atoms with E-state index in [-0.39, 0.29) is 28.5 Å². The maximum absolute atomic E-state index is 13.9. The molecule has 2 aliphatic rings. The Bertz CT molecular complexity index is 1500. The lowest BCUT2D eigenvalue weighted by atomic mass is 9.67. The van der Waals surface area contributed by atoms with Crippen molar-refractivity contribution in [2.24, 2.45) is 5.41 Å². The van der Waals surface area contributed by atoms with Crippen LogP contribution in [0.4, 0.5) is 11.4 Å². The first-order chi connectivity index (χ1) is 18.1. The molecule has 5 rings (SSSR count). The molecule has 1 aliphatic carbocycles. The van der Waals surface area contributed by atoms with Gasteiger partial charge in [-0.15, -0.1) is 0 Å². The van der Waals surface area contributed by atoms with Crippen LogP contribution in [-0.2, 0) is 4.79 Å². The van der Waals surface area contributed by atoms with Gasteiger partial charge in [0.15, 0.2) is 5.78 Å². The number of nitro benzene ring substituents is 1. The summed E-state index contributed by atoms with van der Waals surface area (Å²) in [6, 6.07) is 22.8. The summed E-state index contributed by atoms with van der Waals surface area (Å²) in [4.78, 5) is 26.4. The van der Waals surface area contributed by atoms with Gasteiger partial charge in [-0.05, 0) is 36.5 Å². The fraction of sp³-hybridized carbons (Fsp3) is 0.226. The van der Waals surface area contributed by atoms with Gasteiger partial charge in [0, 0.05) is 52.6 Å². The van der Waals surface area contributed by atoms with Gasteiger partial charge in [0.2, 0.25) is 0 Å². The number of carbonyl (C=O) groups is 1. The zero-order valence-electron chi connectivity index (χ0n) is 21.6. The molecule has 3 aromatic carbocycles. The third kappa shape index (κ3) is 4.41. The molecule has 0 bridgehead atoms. The molecule has 38 heavy (non-hydrogen) atoms. The minimum absolute atomic E-state index is 0.0281. The van der Waals surface area contributed by atoms with Gasteiger partial charge in [-0.2, -0.15) is 0 Å². The Labute approximate surface area is 221 Å². The number of ketones is 1. The third-order valence-corrected chi connectivity index (χ3v) is 7.25. The van der Waals surface area contributed by atoms with E-state index in [9.17, 15) is 25.4 Å². The molecule has 1 heterocycles. The van der Waals surface area contributed by atoms with Gasteiger partial charge in [0.25, 0.3) is 5.69 Å². The molecule has 1 atom stereocenters. The van der Waals surface area contributed by atoms with Crippen molar-refractivity contribution in [3.05, 3.63) is 123 Å². The zero-order chi connectivity index (χ0) is 27.2. The first-order valence-electron chi connectivity index (χ1n) is 12.5. The molecule has 192 valence electrons. The molecule has 7 nitrogen and oxygen atoms in total. The predicted molar refractivity (Wildman–Crippen MR) is 148 cm³/mol. The lowest BCUT2D eigenvalue weighted by Crippen LogP contribution is -2.45. The maximum Gasteiger partial charge on any atom is 0.269 e.